The van der Waals surface area contributed by atoms with Crippen LogP contribution in [0.25, 0.3) is 10.8 Å². The lowest BCUT2D eigenvalue weighted by Crippen LogP contribution is -2.20. The molecule has 1 N–H and O–H groups in total. The van der Waals surface area contributed by atoms with Gasteiger partial charge in [0, 0.05) is 33.3 Å². The van der Waals surface area contributed by atoms with Crippen LogP contribution in [0.4, 0.5) is 5.69 Å². The maximum atomic E-state index is 11.8. The summed E-state index contributed by atoms with van der Waals surface area (Å²) >= 11 is 3.45. The van der Waals surface area contributed by atoms with Crippen molar-refractivity contribution in [1.29, 1.82) is 0 Å². The maximum absolute atomic E-state index is 11.8. The molecule has 2 rings (SSSR count). The second kappa shape index (κ2) is 6.12. The van der Waals surface area contributed by atoms with Crippen molar-refractivity contribution in [2.75, 3.05) is 11.9 Å². The minimum atomic E-state index is -0.162. The van der Waals surface area contributed by atoms with Crippen molar-refractivity contribution in [3.63, 3.8) is 0 Å². The molecule has 1 amide bonds. The lowest BCUT2D eigenvalue weighted by Gasteiger charge is -2.11. The molecule has 0 aliphatic heterocycles. The summed E-state index contributed by atoms with van der Waals surface area (Å²) < 4.78 is 6.13. The van der Waals surface area contributed by atoms with Crippen molar-refractivity contribution < 1.29 is 9.53 Å². The number of nitrogens with one attached hydrogen (secondary N) is 1. The normalized spacial score (nSPS) is 10.9. The number of carbonyl (C=O) groups excluding carboxylic acids is 1. The highest BCUT2D eigenvalue weighted by molar-refractivity contribution is 9.10. The number of fused-ring (bicyclic) bond motifs is 1. The van der Waals surface area contributed by atoms with Gasteiger partial charge in [0.1, 0.15) is 6.61 Å². The molecule has 0 spiro atoms. The number of nitrogens with zero attached hydrogens (tertiary/aromatic N) is 1. The lowest BCUT2D eigenvalue weighted by atomic mass is 10.1. The molecule has 0 saturated carbocycles. The molecule has 100 valence electrons. The second-order valence-corrected chi connectivity index (χ2v) is 5.29. The van der Waals surface area contributed by atoms with Crippen LogP contribution in [0.2, 0.25) is 0 Å². The van der Waals surface area contributed by atoms with Gasteiger partial charge in [-0.15, -0.1) is 0 Å². The van der Waals surface area contributed by atoms with E-state index in [2.05, 4.69) is 26.2 Å². The minimum absolute atomic E-state index is 0.0363. The fourth-order valence-electron chi connectivity index (χ4n) is 1.72. The quantitative estimate of drug-likeness (QED) is 0.939. The summed E-state index contributed by atoms with van der Waals surface area (Å²) in [6, 6.07) is 5.70. The molecule has 0 atom stereocenters. The van der Waals surface area contributed by atoms with Gasteiger partial charge in [0.2, 0.25) is 5.91 Å². The molecule has 0 aliphatic carbocycles. The number of aromatic nitrogens is 1. The SMILES string of the molecule is CC(C)OCC(=O)Nc1cccc2cncc(Br)c12. The number of pyridine rings is 1. The van der Waals surface area contributed by atoms with Crippen molar-refractivity contribution in [1.82, 2.24) is 4.98 Å². The largest absolute Gasteiger partial charge is 0.369 e. The third-order valence-corrected chi connectivity index (χ3v) is 3.16. The fraction of sp³-hybridized carbons (Fsp3) is 0.286. The van der Waals surface area contributed by atoms with E-state index in [0.29, 0.717) is 0 Å². The molecule has 2 aromatic rings. The molecular formula is C14H15BrN2O2. The Morgan fingerprint density at radius 1 is 1.42 bits per heavy atom. The Kier molecular flexibility index (Phi) is 4.50. The number of anilines is 1. The van der Waals surface area contributed by atoms with Crippen LogP contribution in [-0.2, 0) is 9.53 Å². The van der Waals surface area contributed by atoms with E-state index in [1.807, 2.05) is 32.0 Å². The molecule has 0 fully saturated rings. The zero-order valence-corrected chi connectivity index (χ0v) is 12.4. The molecule has 5 heteroatoms. The van der Waals surface area contributed by atoms with Crippen molar-refractivity contribution in [3.05, 3.63) is 35.1 Å². The smallest absolute Gasteiger partial charge is 0.250 e. The molecule has 4 nitrogen and oxygen atoms in total. The first-order valence-electron chi connectivity index (χ1n) is 6.01. The summed E-state index contributed by atoms with van der Waals surface area (Å²) in [6.07, 6.45) is 3.51. The Labute approximate surface area is 120 Å². The van der Waals surface area contributed by atoms with Gasteiger partial charge < -0.3 is 10.1 Å². The Balaban J connectivity index is 2.23. The molecule has 0 unspecified atom stereocenters. The average Bonchev–Trinajstić information content (AvgIpc) is 2.37. The van der Waals surface area contributed by atoms with Gasteiger partial charge in [-0.05, 0) is 35.8 Å². The number of carbonyl (C=O) groups is 1. The maximum Gasteiger partial charge on any atom is 0.250 e. The summed E-state index contributed by atoms with van der Waals surface area (Å²) in [4.78, 5) is 15.9. The Bertz CT molecular complexity index is 594. The molecule has 1 heterocycles. The van der Waals surface area contributed by atoms with E-state index in [4.69, 9.17) is 4.74 Å². The molecule has 0 radical (unpaired) electrons. The number of hydrogen-bond donors (Lipinski definition) is 1. The molecule has 0 bridgehead atoms. The number of rotatable bonds is 4. The van der Waals surface area contributed by atoms with Crippen LogP contribution >= 0.6 is 15.9 Å². The number of ether oxygens (including phenoxy) is 1. The van der Waals surface area contributed by atoms with Crippen LogP contribution in [0.15, 0.2) is 35.1 Å². The third kappa shape index (κ3) is 3.52. The van der Waals surface area contributed by atoms with E-state index in [9.17, 15) is 4.79 Å². The molecule has 1 aromatic heterocycles. The van der Waals surface area contributed by atoms with Crippen molar-refractivity contribution in [2.45, 2.75) is 20.0 Å². The van der Waals surface area contributed by atoms with Crippen LogP contribution < -0.4 is 5.32 Å². The topological polar surface area (TPSA) is 51.2 Å². The Hall–Kier alpha value is -1.46. The first kappa shape index (κ1) is 14.0. The molecule has 19 heavy (non-hydrogen) atoms. The summed E-state index contributed by atoms with van der Waals surface area (Å²) in [5.41, 5.74) is 0.754. The van der Waals surface area contributed by atoms with Crippen LogP contribution in [-0.4, -0.2) is 23.6 Å². The first-order valence-corrected chi connectivity index (χ1v) is 6.81. The van der Waals surface area contributed by atoms with Gasteiger partial charge in [-0.3, -0.25) is 9.78 Å². The highest BCUT2D eigenvalue weighted by atomic mass is 79.9. The van der Waals surface area contributed by atoms with Crippen molar-refractivity contribution in [3.8, 4) is 0 Å². The monoisotopic (exact) mass is 322 g/mol. The average molecular weight is 323 g/mol. The predicted octanol–water partition coefficient (Wildman–Crippen LogP) is 3.36. The van der Waals surface area contributed by atoms with Crippen LogP contribution in [0.5, 0.6) is 0 Å². The zero-order valence-electron chi connectivity index (χ0n) is 10.8. The standard InChI is InChI=1S/C14H15BrN2O2/c1-9(2)19-8-13(18)17-12-5-3-4-10-6-16-7-11(15)14(10)12/h3-7,9H,8H2,1-2H3,(H,17,18). The number of amides is 1. The summed E-state index contributed by atoms with van der Waals surface area (Å²) in [6.45, 7) is 3.84. The third-order valence-electron chi connectivity index (χ3n) is 2.56. The summed E-state index contributed by atoms with van der Waals surface area (Å²) in [5.74, 6) is -0.162. The van der Waals surface area contributed by atoms with Crippen LogP contribution in [0, 0.1) is 0 Å². The molecular weight excluding hydrogens is 308 g/mol. The van der Waals surface area contributed by atoms with E-state index in [1.165, 1.54) is 0 Å². The first-order chi connectivity index (χ1) is 9.08. The Morgan fingerprint density at radius 3 is 2.95 bits per heavy atom. The second-order valence-electron chi connectivity index (χ2n) is 4.43. The minimum Gasteiger partial charge on any atom is -0.369 e. The summed E-state index contributed by atoms with van der Waals surface area (Å²) in [5, 5.41) is 4.77. The van der Waals surface area contributed by atoms with E-state index in [-0.39, 0.29) is 18.6 Å². The number of halogens is 1. The van der Waals surface area contributed by atoms with Gasteiger partial charge in [0.05, 0.1) is 6.10 Å². The summed E-state index contributed by atoms with van der Waals surface area (Å²) in [7, 11) is 0. The van der Waals surface area contributed by atoms with Gasteiger partial charge in [-0.2, -0.15) is 0 Å². The molecule has 1 aromatic carbocycles. The van der Waals surface area contributed by atoms with Gasteiger partial charge in [-0.1, -0.05) is 12.1 Å². The van der Waals surface area contributed by atoms with Gasteiger partial charge in [0.25, 0.3) is 0 Å². The van der Waals surface area contributed by atoms with Crippen LogP contribution in [0.1, 0.15) is 13.8 Å². The van der Waals surface area contributed by atoms with E-state index in [1.54, 1.807) is 12.4 Å². The number of benzene rings is 1. The van der Waals surface area contributed by atoms with E-state index >= 15 is 0 Å². The fourth-order valence-corrected chi connectivity index (χ4v) is 2.29. The van der Waals surface area contributed by atoms with E-state index < -0.39 is 0 Å². The molecule has 0 saturated heterocycles. The highest BCUT2D eigenvalue weighted by Crippen LogP contribution is 2.29. The molecule has 0 aliphatic rings. The highest BCUT2D eigenvalue weighted by Gasteiger charge is 2.09. The van der Waals surface area contributed by atoms with Crippen molar-refractivity contribution >= 4 is 38.3 Å². The lowest BCUT2D eigenvalue weighted by molar-refractivity contribution is -0.121. The predicted molar refractivity (Wildman–Crippen MR) is 79.2 cm³/mol. The van der Waals surface area contributed by atoms with Crippen LogP contribution in [0.3, 0.4) is 0 Å². The van der Waals surface area contributed by atoms with Gasteiger partial charge >= 0.3 is 0 Å². The van der Waals surface area contributed by atoms with Gasteiger partial charge in [-0.25, -0.2) is 0 Å². The Morgan fingerprint density at radius 2 is 2.21 bits per heavy atom. The zero-order chi connectivity index (χ0) is 13.8. The van der Waals surface area contributed by atoms with Gasteiger partial charge in [0.15, 0.2) is 0 Å². The van der Waals surface area contributed by atoms with E-state index in [0.717, 1.165) is 20.9 Å². The van der Waals surface area contributed by atoms with Crippen molar-refractivity contribution in [2.24, 2.45) is 0 Å². The number of hydrogen-bond acceptors (Lipinski definition) is 3.